The van der Waals surface area contributed by atoms with Crippen molar-refractivity contribution in [3.05, 3.63) is 47.9 Å². The van der Waals surface area contributed by atoms with E-state index in [0.717, 1.165) is 12.3 Å². The molecule has 0 radical (unpaired) electrons. The normalized spacial score (nSPS) is 18.4. The van der Waals surface area contributed by atoms with Gasteiger partial charge >= 0.3 is 0 Å². The van der Waals surface area contributed by atoms with Crippen molar-refractivity contribution in [1.29, 1.82) is 0 Å². The Bertz CT molecular complexity index is 414. The zero-order valence-electron chi connectivity index (χ0n) is 8.89. The lowest BCUT2D eigenvalue weighted by molar-refractivity contribution is 0.606. The Labute approximate surface area is 101 Å². The zero-order chi connectivity index (χ0) is 12.0. The molecule has 0 saturated carbocycles. The Kier molecular flexibility index (Phi) is 5.40. The van der Waals surface area contributed by atoms with Gasteiger partial charge in [-0.2, -0.15) is 0 Å². The van der Waals surface area contributed by atoms with Gasteiger partial charge in [-0.15, -0.1) is 13.2 Å². The standard InChI is InChI=1S/C10H15NO2P2S/c1-3-7-14-11(15-8-4-2)10-6-5-9-16(10,12)13/h3-6,9,14-15H,1-2,7-8H2. The molecule has 16 heavy (non-hydrogen) atoms. The van der Waals surface area contributed by atoms with E-state index in [1.807, 2.05) is 4.44 Å². The van der Waals surface area contributed by atoms with Gasteiger partial charge in [0.15, 0.2) is 0 Å². The van der Waals surface area contributed by atoms with Crippen molar-refractivity contribution in [2.75, 3.05) is 12.3 Å². The second kappa shape index (κ2) is 6.34. The SMILES string of the molecule is C=CCPN(PCC=C)C1=CC=CS1(=O)=O. The number of allylic oxidation sites excluding steroid dienone is 4. The van der Waals surface area contributed by atoms with Crippen LogP contribution in [0.5, 0.6) is 0 Å². The minimum atomic E-state index is -3.20. The van der Waals surface area contributed by atoms with E-state index in [1.54, 1.807) is 24.3 Å². The van der Waals surface area contributed by atoms with Gasteiger partial charge in [-0.1, -0.05) is 12.2 Å². The monoisotopic (exact) mass is 275 g/mol. The van der Waals surface area contributed by atoms with E-state index in [9.17, 15) is 8.42 Å². The molecule has 1 heterocycles. The third kappa shape index (κ3) is 3.55. The van der Waals surface area contributed by atoms with Crippen LogP contribution in [-0.4, -0.2) is 25.2 Å². The first-order valence-corrected chi connectivity index (χ1v) is 8.59. The van der Waals surface area contributed by atoms with Gasteiger partial charge in [-0.3, -0.25) is 0 Å². The van der Waals surface area contributed by atoms with Crippen molar-refractivity contribution in [2.45, 2.75) is 0 Å². The van der Waals surface area contributed by atoms with Crippen LogP contribution in [0.2, 0.25) is 0 Å². The van der Waals surface area contributed by atoms with Gasteiger partial charge in [0.05, 0.1) is 0 Å². The molecule has 2 unspecified atom stereocenters. The molecular weight excluding hydrogens is 260 g/mol. The van der Waals surface area contributed by atoms with Crippen molar-refractivity contribution in [1.82, 2.24) is 4.44 Å². The molecule has 0 aromatic heterocycles. The highest BCUT2D eigenvalue weighted by Crippen LogP contribution is 2.40. The van der Waals surface area contributed by atoms with Crippen LogP contribution >= 0.6 is 17.5 Å². The molecule has 0 N–H and O–H groups in total. The molecule has 0 fully saturated rings. The first kappa shape index (κ1) is 13.6. The van der Waals surface area contributed by atoms with Crippen LogP contribution < -0.4 is 0 Å². The van der Waals surface area contributed by atoms with Crippen LogP contribution in [-0.2, 0) is 9.84 Å². The topological polar surface area (TPSA) is 37.4 Å². The summed E-state index contributed by atoms with van der Waals surface area (Å²) in [6.07, 6.45) is 8.45. The molecular formula is C10H15NO2P2S. The molecule has 88 valence electrons. The highest BCUT2D eigenvalue weighted by atomic mass is 32.2. The van der Waals surface area contributed by atoms with E-state index >= 15 is 0 Å². The van der Waals surface area contributed by atoms with Crippen LogP contribution in [0.15, 0.2) is 47.9 Å². The summed E-state index contributed by atoms with van der Waals surface area (Å²) in [4.78, 5) is 0. The number of hydrogen-bond acceptors (Lipinski definition) is 3. The quantitative estimate of drug-likeness (QED) is 0.529. The summed E-state index contributed by atoms with van der Waals surface area (Å²) in [6, 6.07) is 0. The van der Waals surface area contributed by atoms with Gasteiger partial charge in [0.1, 0.15) is 5.03 Å². The number of hydrogen-bond donors (Lipinski definition) is 0. The molecule has 0 aromatic carbocycles. The Morgan fingerprint density at radius 1 is 1.25 bits per heavy atom. The molecule has 6 heteroatoms. The van der Waals surface area contributed by atoms with Crippen molar-refractivity contribution >= 4 is 27.3 Å². The van der Waals surface area contributed by atoms with Gasteiger partial charge in [0.2, 0.25) is 9.84 Å². The molecule has 2 atom stereocenters. The Morgan fingerprint density at radius 2 is 1.81 bits per heavy atom. The fourth-order valence-electron chi connectivity index (χ4n) is 1.11. The summed E-state index contributed by atoms with van der Waals surface area (Å²) >= 11 is 0. The summed E-state index contributed by atoms with van der Waals surface area (Å²) in [5, 5.41) is 1.65. The van der Waals surface area contributed by atoms with Crippen LogP contribution in [0, 0.1) is 0 Å². The predicted molar refractivity (Wildman–Crippen MR) is 74.7 cm³/mol. The summed E-state index contributed by atoms with van der Waals surface area (Å²) in [5.41, 5.74) is 0. The van der Waals surface area contributed by atoms with Gasteiger partial charge in [-0.05, 0) is 29.6 Å². The average molecular weight is 275 g/mol. The number of sulfone groups is 1. The maximum absolute atomic E-state index is 11.7. The maximum Gasteiger partial charge on any atom is 0.215 e. The van der Waals surface area contributed by atoms with Crippen LogP contribution in [0.25, 0.3) is 0 Å². The lowest BCUT2D eigenvalue weighted by Crippen LogP contribution is -2.10. The van der Waals surface area contributed by atoms with Gasteiger partial charge < -0.3 is 4.44 Å². The van der Waals surface area contributed by atoms with Crippen LogP contribution in [0.4, 0.5) is 0 Å². The van der Waals surface area contributed by atoms with E-state index in [2.05, 4.69) is 13.2 Å². The predicted octanol–water partition coefficient (Wildman–Crippen LogP) is 2.63. The molecule has 1 rings (SSSR count). The zero-order valence-corrected chi connectivity index (χ0v) is 11.7. The van der Waals surface area contributed by atoms with Gasteiger partial charge in [0, 0.05) is 17.7 Å². The van der Waals surface area contributed by atoms with Crippen LogP contribution in [0.3, 0.4) is 0 Å². The minimum absolute atomic E-state index is 0.410. The highest BCUT2D eigenvalue weighted by Gasteiger charge is 2.23. The fourth-order valence-corrected chi connectivity index (χ4v) is 5.29. The first-order valence-electron chi connectivity index (χ1n) is 4.74. The van der Waals surface area contributed by atoms with E-state index in [0.29, 0.717) is 22.5 Å². The molecule has 0 spiro atoms. The lowest BCUT2D eigenvalue weighted by Gasteiger charge is -2.23. The summed E-state index contributed by atoms with van der Waals surface area (Å²) in [7, 11) is -2.34. The van der Waals surface area contributed by atoms with E-state index in [1.165, 1.54) is 5.41 Å². The smallest absolute Gasteiger partial charge is 0.215 e. The molecule has 1 aliphatic rings. The van der Waals surface area contributed by atoms with Crippen molar-refractivity contribution in [2.24, 2.45) is 0 Å². The van der Waals surface area contributed by atoms with Crippen LogP contribution in [0.1, 0.15) is 0 Å². The first-order chi connectivity index (χ1) is 7.61. The second-order valence-electron chi connectivity index (χ2n) is 3.02. The summed E-state index contributed by atoms with van der Waals surface area (Å²) < 4.78 is 25.3. The molecule has 1 aliphatic heterocycles. The van der Waals surface area contributed by atoms with E-state index in [4.69, 9.17) is 0 Å². The lowest BCUT2D eigenvalue weighted by atomic mass is 10.6. The molecule has 0 aliphatic carbocycles. The number of rotatable bonds is 7. The third-order valence-corrected chi connectivity index (χ3v) is 6.54. The second-order valence-corrected chi connectivity index (χ2v) is 7.59. The summed E-state index contributed by atoms with van der Waals surface area (Å²) in [6.45, 7) is 7.31. The van der Waals surface area contributed by atoms with Gasteiger partial charge in [-0.25, -0.2) is 8.42 Å². The Morgan fingerprint density at radius 3 is 2.19 bits per heavy atom. The molecule has 0 bridgehead atoms. The highest BCUT2D eigenvalue weighted by molar-refractivity contribution is 7.98. The number of nitrogens with zero attached hydrogens (tertiary/aromatic N) is 1. The molecule has 0 amide bonds. The Balaban J connectivity index is 2.76. The fraction of sp³-hybridized carbons (Fsp3) is 0.200. The molecule has 0 aromatic rings. The third-order valence-electron chi connectivity index (χ3n) is 1.80. The van der Waals surface area contributed by atoms with E-state index in [-0.39, 0.29) is 0 Å². The summed E-state index contributed by atoms with van der Waals surface area (Å²) in [5.74, 6) is 0. The molecule has 3 nitrogen and oxygen atoms in total. The van der Waals surface area contributed by atoms with E-state index < -0.39 is 9.84 Å². The molecule has 0 saturated heterocycles. The van der Waals surface area contributed by atoms with Gasteiger partial charge in [0.25, 0.3) is 0 Å². The Hall–Kier alpha value is -0.430. The average Bonchev–Trinajstić information content (AvgIpc) is 2.59. The van der Waals surface area contributed by atoms with Crippen molar-refractivity contribution in [3.8, 4) is 0 Å². The maximum atomic E-state index is 11.7. The van der Waals surface area contributed by atoms with Crippen molar-refractivity contribution < 1.29 is 8.42 Å². The van der Waals surface area contributed by atoms with Crippen molar-refractivity contribution in [3.63, 3.8) is 0 Å². The largest absolute Gasteiger partial charge is 0.325 e. The minimum Gasteiger partial charge on any atom is -0.325 e.